The van der Waals surface area contributed by atoms with Gasteiger partial charge >= 0.3 is 5.97 Å². The number of rotatable bonds is 12. The molecule has 214 valence electrons. The Kier molecular flexibility index (Phi) is 10.8. The lowest BCUT2D eigenvalue weighted by atomic mass is 9.69. The van der Waals surface area contributed by atoms with Crippen molar-refractivity contribution < 1.29 is 19.4 Å². The fourth-order valence-electron chi connectivity index (χ4n) is 5.88. The van der Waals surface area contributed by atoms with E-state index >= 15 is 0 Å². The van der Waals surface area contributed by atoms with E-state index < -0.39 is 6.10 Å². The second-order valence-electron chi connectivity index (χ2n) is 10.7. The Labute approximate surface area is 241 Å². The molecule has 3 aromatic rings. The number of allylic oxidation sites excluding steroid dienone is 1. The molecule has 4 nitrogen and oxygen atoms in total. The summed E-state index contributed by atoms with van der Waals surface area (Å²) in [7, 11) is 3.09. The Balaban J connectivity index is 2.08. The van der Waals surface area contributed by atoms with E-state index in [1.807, 2.05) is 31.2 Å². The Hall–Kier alpha value is -3.37. The molecule has 0 heterocycles. The van der Waals surface area contributed by atoms with Gasteiger partial charge in [-0.15, -0.1) is 0 Å². The number of hydrogen-bond donors (Lipinski definition) is 1. The normalized spacial score (nSPS) is 12.8. The number of ether oxygens (including phenoxy) is 2. The van der Waals surface area contributed by atoms with E-state index in [9.17, 15) is 9.90 Å². The van der Waals surface area contributed by atoms with Crippen LogP contribution in [0, 0.1) is 13.8 Å². The largest absolute Gasteiger partial charge is 0.496 e. The number of aryl methyl sites for hydroxylation is 2. The van der Waals surface area contributed by atoms with E-state index in [2.05, 4.69) is 71.0 Å². The minimum absolute atomic E-state index is 0.123. The summed E-state index contributed by atoms with van der Waals surface area (Å²) in [4.78, 5) is 11.9. The monoisotopic (exact) mass is 542 g/mol. The van der Waals surface area contributed by atoms with E-state index in [0.29, 0.717) is 6.42 Å². The molecule has 1 atom stereocenters. The van der Waals surface area contributed by atoms with Crippen LogP contribution >= 0.6 is 0 Å². The predicted octanol–water partition coefficient (Wildman–Crippen LogP) is 8.36. The van der Waals surface area contributed by atoms with Crippen LogP contribution in [0.25, 0.3) is 16.7 Å². The van der Waals surface area contributed by atoms with Crippen molar-refractivity contribution in [2.45, 2.75) is 85.2 Å². The molecule has 0 spiro atoms. The first-order valence-electron chi connectivity index (χ1n) is 14.5. The van der Waals surface area contributed by atoms with Gasteiger partial charge in [-0.1, -0.05) is 76.2 Å². The summed E-state index contributed by atoms with van der Waals surface area (Å²) in [6, 6.07) is 19.5. The van der Waals surface area contributed by atoms with Crippen LogP contribution in [0.3, 0.4) is 0 Å². The molecule has 0 amide bonds. The van der Waals surface area contributed by atoms with Gasteiger partial charge in [-0.05, 0) is 96.2 Å². The molecule has 0 aromatic heterocycles. The molecule has 0 bridgehead atoms. The maximum absolute atomic E-state index is 11.9. The zero-order chi connectivity index (χ0) is 29.4. The standard InChI is InChI=1S/C36H46O4/c1-9-27(23-30(37)10-2)31-16-14-28(19-24(31)5)36(11-3,12-4)29-15-17-32(25(6)20-29)33-21-26(22-35(38)40-8)13-18-34(33)39-7/h13-21,23,30,37H,9-12,22H2,1-8H3. The van der Waals surface area contributed by atoms with Gasteiger partial charge in [-0.25, -0.2) is 0 Å². The topological polar surface area (TPSA) is 55.8 Å². The fraction of sp³-hybridized carbons (Fsp3) is 0.417. The summed E-state index contributed by atoms with van der Waals surface area (Å²) in [6.07, 6.45) is 5.36. The third-order valence-corrected chi connectivity index (χ3v) is 8.43. The average molecular weight is 543 g/mol. The van der Waals surface area contributed by atoms with Crippen LogP contribution in [0.15, 0.2) is 60.7 Å². The van der Waals surface area contributed by atoms with Gasteiger partial charge in [0.25, 0.3) is 0 Å². The summed E-state index contributed by atoms with van der Waals surface area (Å²) < 4.78 is 10.6. The molecule has 3 aromatic carbocycles. The van der Waals surface area contributed by atoms with E-state index in [1.165, 1.54) is 34.9 Å². The number of carbonyl (C=O) groups is 1. The number of methoxy groups -OCH3 is 2. The van der Waals surface area contributed by atoms with Crippen LogP contribution in [0.5, 0.6) is 5.75 Å². The van der Waals surface area contributed by atoms with Gasteiger partial charge in [0.15, 0.2) is 0 Å². The summed E-state index contributed by atoms with van der Waals surface area (Å²) >= 11 is 0. The minimum atomic E-state index is -0.416. The zero-order valence-corrected chi connectivity index (χ0v) is 25.6. The Morgan fingerprint density at radius 3 is 2.05 bits per heavy atom. The molecule has 40 heavy (non-hydrogen) atoms. The van der Waals surface area contributed by atoms with E-state index in [4.69, 9.17) is 9.47 Å². The van der Waals surface area contributed by atoms with Gasteiger partial charge in [0, 0.05) is 11.0 Å². The number of esters is 1. The van der Waals surface area contributed by atoms with Gasteiger partial charge in [0.2, 0.25) is 0 Å². The molecule has 1 unspecified atom stereocenters. The summed E-state index contributed by atoms with van der Waals surface area (Å²) in [5, 5.41) is 10.2. The first kappa shape index (κ1) is 31.2. The van der Waals surface area contributed by atoms with Crippen LogP contribution in [0.1, 0.15) is 86.8 Å². The Morgan fingerprint density at radius 2 is 1.52 bits per heavy atom. The second-order valence-corrected chi connectivity index (χ2v) is 10.7. The van der Waals surface area contributed by atoms with Crippen molar-refractivity contribution in [1.29, 1.82) is 0 Å². The summed E-state index contributed by atoms with van der Waals surface area (Å²) in [5.74, 6) is 0.518. The lowest BCUT2D eigenvalue weighted by molar-refractivity contribution is -0.139. The summed E-state index contributed by atoms with van der Waals surface area (Å²) in [6.45, 7) is 13.0. The van der Waals surface area contributed by atoms with E-state index in [1.54, 1.807) is 7.11 Å². The van der Waals surface area contributed by atoms with Crippen molar-refractivity contribution in [1.82, 2.24) is 0 Å². The molecule has 1 N–H and O–H groups in total. The molecule has 0 aliphatic heterocycles. The van der Waals surface area contributed by atoms with Crippen LogP contribution < -0.4 is 4.74 Å². The lowest BCUT2D eigenvalue weighted by Crippen LogP contribution is -2.26. The minimum Gasteiger partial charge on any atom is -0.496 e. The van der Waals surface area contributed by atoms with Crippen LogP contribution in [-0.4, -0.2) is 31.4 Å². The van der Waals surface area contributed by atoms with Crippen molar-refractivity contribution in [3.63, 3.8) is 0 Å². The number of aliphatic hydroxyl groups is 1. The molecule has 3 rings (SSSR count). The van der Waals surface area contributed by atoms with Crippen LogP contribution in [0.2, 0.25) is 0 Å². The highest BCUT2D eigenvalue weighted by Gasteiger charge is 2.31. The molecule has 0 fully saturated rings. The molecular weight excluding hydrogens is 496 g/mol. The molecule has 0 aliphatic carbocycles. The molecule has 0 radical (unpaired) electrons. The Bertz CT molecular complexity index is 1350. The van der Waals surface area contributed by atoms with Crippen LogP contribution in [-0.2, 0) is 21.4 Å². The average Bonchev–Trinajstić information content (AvgIpc) is 2.97. The zero-order valence-electron chi connectivity index (χ0n) is 25.6. The SMILES string of the molecule is CCC(=CC(O)CC)c1ccc(C(CC)(CC)c2ccc(-c3cc(CC(=O)OC)ccc3OC)c(C)c2)cc1C. The van der Waals surface area contributed by atoms with Crippen LogP contribution in [0.4, 0.5) is 0 Å². The highest BCUT2D eigenvalue weighted by Crippen LogP contribution is 2.42. The first-order valence-corrected chi connectivity index (χ1v) is 14.5. The smallest absolute Gasteiger partial charge is 0.309 e. The van der Waals surface area contributed by atoms with E-state index in [0.717, 1.165) is 47.3 Å². The van der Waals surface area contributed by atoms with Crippen molar-refractivity contribution >= 4 is 11.5 Å². The first-order chi connectivity index (χ1) is 19.2. The van der Waals surface area contributed by atoms with Gasteiger partial charge < -0.3 is 14.6 Å². The number of carbonyl (C=O) groups excluding carboxylic acids is 1. The number of benzene rings is 3. The van der Waals surface area contributed by atoms with Crippen molar-refractivity contribution in [3.8, 4) is 16.9 Å². The molecular formula is C36H46O4. The summed E-state index contributed by atoms with van der Waals surface area (Å²) in [5.41, 5.74) is 10.3. The van der Waals surface area contributed by atoms with Gasteiger partial charge in [0.1, 0.15) is 5.75 Å². The van der Waals surface area contributed by atoms with Gasteiger partial charge in [-0.3, -0.25) is 4.79 Å². The molecule has 0 saturated heterocycles. The quantitative estimate of drug-likeness (QED) is 0.234. The fourth-order valence-corrected chi connectivity index (χ4v) is 5.88. The predicted molar refractivity (Wildman–Crippen MR) is 166 cm³/mol. The molecule has 0 saturated carbocycles. The van der Waals surface area contributed by atoms with Gasteiger partial charge in [-0.2, -0.15) is 0 Å². The highest BCUT2D eigenvalue weighted by molar-refractivity contribution is 5.78. The van der Waals surface area contributed by atoms with E-state index in [-0.39, 0.29) is 17.8 Å². The van der Waals surface area contributed by atoms with Crippen molar-refractivity contribution in [2.75, 3.05) is 14.2 Å². The molecule has 4 heteroatoms. The number of hydrogen-bond acceptors (Lipinski definition) is 4. The maximum atomic E-state index is 11.9. The van der Waals surface area contributed by atoms with Crippen molar-refractivity contribution in [2.24, 2.45) is 0 Å². The third-order valence-electron chi connectivity index (χ3n) is 8.43. The molecule has 0 aliphatic rings. The second kappa shape index (κ2) is 13.8. The highest BCUT2D eigenvalue weighted by atomic mass is 16.5. The van der Waals surface area contributed by atoms with Gasteiger partial charge in [0.05, 0.1) is 26.7 Å². The Morgan fingerprint density at radius 1 is 0.875 bits per heavy atom. The maximum Gasteiger partial charge on any atom is 0.309 e. The number of aliphatic hydroxyl groups excluding tert-OH is 1. The third kappa shape index (κ3) is 6.50. The van der Waals surface area contributed by atoms with Crippen molar-refractivity contribution in [3.05, 3.63) is 94.1 Å². The lowest BCUT2D eigenvalue weighted by Gasteiger charge is -2.34.